The zero-order valence-corrected chi connectivity index (χ0v) is 9.87. The molecule has 0 unspecified atom stereocenters. The van der Waals surface area contributed by atoms with Gasteiger partial charge in [-0.05, 0) is 26.3 Å². The Bertz CT molecular complexity index is 515. The number of aromatic nitrogens is 1. The third kappa shape index (κ3) is 1.86. The number of rotatable bonds is 2. The van der Waals surface area contributed by atoms with E-state index >= 15 is 0 Å². The molecule has 0 aliphatic heterocycles. The van der Waals surface area contributed by atoms with Crippen LogP contribution in [0.2, 0.25) is 0 Å². The highest BCUT2D eigenvalue weighted by molar-refractivity contribution is 5.64. The summed E-state index contributed by atoms with van der Waals surface area (Å²) in [6.45, 7) is 6.44. The molecule has 16 heavy (non-hydrogen) atoms. The third-order valence-corrected chi connectivity index (χ3v) is 2.64. The molecular formula is C13H16N2O. The SMILES string of the molecule is Cc1ccc(-c2oc(CN)nc2C)c(C)c1. The Morgan fingerprint density at radius 2 is 2.00 bits per heavy atom. The molecule has 0 spiro atoms. The molecule has 2 aromatic rings. The van der Waals surface area contributed by atoms with Crippen LogP contribution in [-0.2, 0) is 6.54 Å². The van der Waals surface area contributed by atoms with Crippen molar-refractivity contribution in [2.75, 3.05) is 0 Å². The molecule has 1 aromatic heterocycles. The van der Waals surface area contributed by atoms with Gasteiger partial charge in [0.15, 0.2) is 5.76 Å². The van der Waals surface area contributed by atoms with E-state index in [0.29, 0.717) is 12.4 Å². The molecule has 3 nitrogen and oxygen atoms in total. The van der Waals surface area contributed by atoms with E-state index in [1.807, 2.05) is 6.92 Å². The van der Waals surface area contributed by atoms with E-state index in [9.17, 15) is 0 Å². The predicted octanol–water partition coefficient (Wildman–Crippen LogP) is 2.73. The molecule has 2 N–H and O–H groups in total. The van der Waals surface area contributed by atoms with E-state index in [0.717, 1.165) is 17.0 Å². The molecule has 0 radical (unpaired) electrons. The van der Waals surface area contributed by atoms with Crippen molar-refractivity contribution in [1.82, 2.24) is 4.98 Å². The van der Waals surface area contributed by atoms with E-state index in [2.05, 4.69) is 37.0 Å². The molecule has 0 amide bonds. The van der Waals surface area contributed by atoms with Gasteiger partial charge in [0.1, 0.15) is 0 Å². The zero-order chi connectivity index (χ0) is 11.7. The molecular weight excluding hydrogens is 200 g/mol. The molecule has 2 rings (SSSR count). The minimum atomic E-state index is 0.339. The van der Waals surface area contributed by atoms with Crippen LogP contribution >= 0.6 is 0 Å². The number of benzene rings is 1. The highest BCUT2D eigenvalue weighted by atomic mass is 16.4. The lowest BCUT2D eigenvalue weighted by molar-refractivity contribution is 0.509. The summed E-state index contributed by atoms with van der Waals surface area (Å²) < 4.78 is 5.63. The number of hydrogen-bond donors (Lipinski definition) is 1. The molecule has 0 aliphatic carbocycles. The molecule has 84 valence electrons. The third-order valence-electron chi connectivity index (χ3n) is 2.64. The van der Waals surface area contributed by atoms with Crippen molar-refractivity contribution < 1.29 is 4.42 Å². The maximum atomic E-state index is 5.63. The van der Waals surface area contributed by atoms with Crippen molar-refractivity contribution in [2.45, 2.75) is 27.3 Å². The fourth-order valence-electron chi connectivity index (χ4n) is 1.86. The maximum Gasteiger partial charge on any atom is 0.208 e. The minimum absolute atomic E-state index is 0.339. The average Bonchev–Trinajstić information content (AvgIpc) is 2.60. The second-order valence-electron chi connectivity index (χ2n) is 4.04. The van der Waals surface area contributed by atoms with Crippen LogP contribution in [0.3, 0.4) is 0 Å². The molecule has 1 aromatic carbocycles. The smallest absolute Gasteiger partial charge is 0.208 e. The van der Waals surface area contributed by atoms with Crippen molar-refractivity contribution in [1.29, 1.82) is 0 Å². The quantitative estimate of drug-likeness (QED) is 0.839. The number of aryl methyl sites for hydroxylation is 3. The van der Waals surface area contributed by atoms with Gasteiger partial charge in [0.05, 0.1) is 12.2 Å². The first-order chi connectivity index (χ1) is 7.61. The van der Waals surface area contributed by atoms with Gasteiger partial charge in [-0.15, -0.1) is 0 Å². The summed E-state index contributed by atoms with van der Waals surface area (Å²) in [4.78, 5) is 4.28. The Labute approximate surface area is 95.3 Å². The van der Waals surface area contributed by atoms with Crippen LogP contribution in [0.15, 0.2) is 22.6 Å². The standard InChI is InChI=1S/C13H16N2O/c1-8-4-5-11(9(2)6-8)13-10(3)15-12(7-14)16-13/h4-6H,7,14H2,1-3H3. The molecule has 0 saturated heterocycles. The summed E-state index contributed by atoms with van der Waals surface area (Å²) in [6.07, 6.45) is 0. The van der Waals surface area contributed by atoms with E-state index in [1.54, 1.807) is 0 Å². The van der Waals surface area contributed by atoms with Crippen LogP contribution in [0.4, 0.5) is 0 Å². The Morgan fingerprint density at radius 1 is 1.25 bits per heavy atom. The summed E-state index contributed by atoms with van der Waals surface area (Å²) in [5.74, 6) is 1.42. The lowest BCUT2D eigenvalue weighted by Gasteiger charge is -2.04. The van der Waals surface area contributed by atoms with E-state index in [4.69, 9.17) is 10.2 Å². The van der Waals surface area contributed by atoms with E-state index in [1.165, 1.54) is 11.1 Å². The highest BCUT2D eigenvalue weighted by Crippen LogP contribution is 2.27. The predicted molar refractivity (Wildman–Crippen MR) is 64.0 cm³/mol. The van der Waals surface area contributed by atoms with Gasteiger partial charge in [-0.25, -0.2) is 4.98 Å². The molecule has 0 atom stereocenters. The van der Waals surface area contributed by atoms with E-state index in [-0.39, 0.29) is 0 Å². The Hall–Kier alpha value is -1.61. The summed E-state index contributed by atoms with van der Waals surface area (Å²) in [7, 11) is 0. The molecule has 0 aliphatic rings. The average molecular weight is 216 g/mol. The number of oxazole rings is 1. The van der Waals surface area contributed by atoms with E-state index < -0.39 is 0 Å². The second kappa shape index (κ2) is 4.10. The lowest BCUT2D eigenvalue weighted by atomic mass is 10.0. The van der Waals surface area contributed by atoms with Gasteiger partial charge in [0.2, 0.25) is 5.89 Å². The summed E-state index contributed by atoms with van der Waals surface area (Å²) in [6, 6.07) is 6.28. The van der Waals surface area contributed by atoms with Crippen LogP contribution in [0.1, 0.15) is 22.7 Å². The van der Waals surface area contributed by atoms with Gasteiger partial charge in [0.25, 0.3) is 0 Å². The highest BCUT2D eigenvalue weighted by Gasteiger charge is 2.12. The van der Waals surface area contributed by atoms with Gasteiger partial charge >= 0.3 is 0 Å². The van der Waals surface area contributed by atoms with Crippen molar-refractivity contribution in [2.24, 2.45) is 5.73 Å². The van der Waals surface area contributed by atoms with Crippen LogP contribution in [-0.4, -0.2) is 4.98 Å². The van der Waals surface area contributed by atoms with Crippen molar-refractivity contribution >= 4 is 0 Å². The van der Waals surface area contributed by atoms with Crippen LogP contribution in [0, 0.1) is 20.8 Å². The lowest BCUT2D eigenvalue weighted by Crippen LogP contribution is -1.95. The summed E-state index contributed by atoms with van der Waals surface area (Å²) in [5, 5.41) is 0. The number of nitrogens with two attached hydrogens (primary N) is 1. The zero-order valence-electron chi connectivity index (χ0n) is 9.87. The largest absolute Gasteiger partial charge is 0.439 e. The Kier molecular flexibility index (Phi) is 2.79. The van der Waals surface area contributed by atoms with Gasteiger partial charge in [0, 0.05) is 5.56 Å². The minimum Gasteiger partial charge on any atom is -0.439 e. The van der Waals surface area contributed by atoms with Crippen LogP contribution in [0.25, 0.3) is 11.3 Å². The van der Waals surface area contributed by atoms with Gasteiger partial charge in [-0.2, -0.15) is 0 Å². The molecule has 1 heterocycles. The summed E-state index contributed by atoms with van der Waals surface area (Å²) in [5.41, 5.74) is 9.95. The molecule has 0 fully saturated rings. The van der Waals surface area contributed by atoms with Crippen molar-refractivity contribution in [3.63, 3.8) is 0 Å². The maximum absolute atomic E-state index is 5.63. The normalized spacial score (nSPS) is 10.8. The first kappa shape index (κ1) is 10.9. The molecule has 3 heteroatoms. The summed E-state index contributed by atoms with van der Waals surface area (Å²) >= 11 is 0. The topological polar surface area (TPSA) is 52.0 Å². The number of nitrogens with zero attached hydrogens (tertiary/aromatic N) is 1. The first-order valence-electron chi connectivity index (χ1n) is 5.36. The number of hydrogen-bond acceptors (Lipinski definition) is 3. The fraction of sp³-hybridized carbons (Fsp3) is 0.308. The second-order valence-corrected chi connectivity index (χ2v) is 4.04. The van der Waals surface area contributed by atoms with Crippen molar-refractivity contribution in [3.05, 3.63) is 40.9 Å². The molecule has 0 bridgehead atoms. The monoisotopic (exact) mass is 216 g/mol. The van der Waals surface area contributed by atoms with Crippen LogP contribution < -0.4 is 5.73 Å². The van der Waals surface area contributed by atoms with Crippen molar-refractivity contribution in [3.8, 4) is 11.3 Å². The van der Waals surface area contributed by atoms with Crippen LogP contribution in [0.5, 0.6) is 0 Å². The Balaban J connectivity index is 2.53. The molecule has 0 saturated carbocycles. The van der Waals surface area contributed by atoms with Gasteiger partial charge in [-0.3, -0.25) is 0 Å². The Morgan fingerprint density at radius 3 is 2.56 bits per heavy atom. The van der Waals surface area contributed by atoms with Gasteiger partial charge < -0.3 is 10.2 Å². The fourth-order valence-corrected chi connectivity index (χ4v) is 1.86. The van der Waals surface area contributed by atoms with Gasteiger partial charge in [-0.1, -0.05) is 23.8 Å². The first-order valence-corrected chi connectivity index (χ1v) is 5.36.